The summed E-state index contributed by atoms with van der Waals surface area (Å²) in [5.74, 6) is 0.189. The van der Waals surface area contributed by atoms with Gasteiger partial charge in [0.15, 0.2) is 0 Å². The second-order valence-electron chi connectivity index (χ2n) is 4.92. The number of fused-ring (bicyclic) bond motifs is 1. The van der Waals surface area contributed by atoms with Gasteiger partial charge in [-0.3, -0.25) is 9.78 Å². The number of aryl methyl sites for hydroxylation is 1. The molecule has 0 aromatic carbocycles. The van der Waals surface area contributed by atoms with Crippen LogP contribution in [0.25, 0.3) is 22.0 Å². The maximum atomic E-state index is 11.0. The summed E-state index contributed by atoms with van der Waals surface area (Å²) >= 11 is 0. The molecule has 22 heavy (non-hydrogen) atoms. The van der Waals surface area contributed by atoms with Crippen molar-refractivity contribution >= 4 is 22.6 Å². The van der Waals surface area contributed by atoms with Crippen LogP contribution in [0.3, 0.4) is 0 Å². The first kappa shape index (κ1) is 13.9. The van der Waals surface area contributed by atoms with Crippen LogP contribution in [0, 0.1) is 6.92 Å². The first-order chi connectivity index (χ1) is 10.5. The largest absolute Gasteiger partial charge is 0.408 e. The average molecular weight is 294 g/mol. The molecule has 0 saturated heterocycles. The van der Waals surface area contributed by atoms with Crippen LogP contribution in [-0.4, -0.2) is 20.9 Å². The van der Waals surface area contributed by atoms with Gasteiger partial charge in [-0.25, -0.2) is 9.97 Å². The van der Waals surface area contributed by atoms with E-state index in [1.807, 2.05) is 19.1 Å². The Balaban J connectivity index is 2.17. The number of hydrogen-bond donors (Lipinski definition) is 1. The predicted octanol–water partition coefficient (Wildman–Crippen LogP) is 2.51. The minimum atomic E-state index is -0.419. The summed E-state index contributed by atoms with van der Waals surface area (Å²) in [7, 11) is 0. The summed E-state index contributed by atoms with van der Waals surface area (Å²) in [4.78, 5) is 23.6. The molecule has 3 aromatic heterocycles. The maximum Gasteiger partial charge on any atom is 0.309 e. The van der Waals surface area contributed by atoms with E-state index in [9.17, 15) is 4.79 Å². The monoisotopic (exact) mass is 294 g/mol. The number of nitrogens with two attached hydrogens (primary N) is 1. The van der Waals surface area contributed by atoms with Crippen LogP contribution >= 0.6 is 0 Å². The Labute approximate surface area is 127 Å². The van der Waals surface area contributed by atoms with Crippen LogP contribution in [0.15, 0.2) is 36.8 Å². The van der Waals surface area contributed by atoms with E-state index in [2.05, 4.69) is 15.0 Å². The van der Waals surface area contributed by atoms with Gasteiger partial charge in [0.25, 0.3) is 0 Å². The fourth-order valence-electron chi connectivity index (χ4n) is 2.23. The Hall–Kier alpha value is -3.02. The zero-order valence-corrected chi connectivity index (χ0v) is 12.2. The quantitative estimate of drug-likeness (QED) is 0.730. The number of hydrogen-bond acceptors (Lipinski definition) is 6. The van der Waals surface area contributed by atoms with Crippen molar-refractivity contribution in [2.24, 2.45) is 0 Å². The molecule has 0 saturated carbocycles. The SMILES string of the molecule is CC(=O)Oc1cc2cc(-c3cnccc3C)nc(N)c2cn1. The third kappa shape index (κ3) is 2.58. The molecule has 0 unspecified atom stereocenters. The lowest BCUT2D eigenvalue weighted by atomic mass is 10.1. The number of ether oxygens (including phenoxy) is 1. The first-order valence-corrected chi connectivity index (χ1v) is 6.70. The van der Waals surface area contributed by atoms with Gasteiger partial charge in [0, 0.05) is 42.5 Å². The van der Waals surface area contributed by atoms with Crippen molar-refractivity contribution in [1.82, 2.24) is 15.0 Å². The molecule has 0 aliphatic rings. The molecule has 0 atom stereocenters. The number of carbonyl (C=O) groups excluding carboxylic acids is 1. The highest BCUT2D eigenvalue weighted by atomic mass is 16.5. The van der Waals surface area contributed by atoms with Crippen LogP contribution in [0.5, 0.6) is 5.88 Å². The van der Waals surface area contributed by atoms with E-state index in [0.29, 0.717) is 11.2 Å². The van der Waals surface area contributed by atoms with Gasteiger partial charge < -0.3 is 10.5 Å². The van der Waals surface area contributed by atoms with Crippen molar-refractivity contribution < 1.29 is 9.53 Å². The van der Waals surface area contributed by atoms with Crippen molar-refractivity contribution in [3.05, 3.63) is 42.4 Å². The van der Waals surface area contributed by atoms with Gasteiger partial charge in [-0.2, -0.15) is 0 Å². The highest BCUT2D eigenvalue weighted by molar-refractivity contribution is 5.94. The van der Waals surface area contributed by atoms with E-state index in [1.54, 1.807) is 24.7 Å². The highest BCUT2D eigenvalue weighted by Gasteiger charge is 2.10. The summed E-state index contributed by atoms with van der Waals surface area (Å²) in [5.41, 5.74) is 8.69. The third-order valence-corrected chi connectivity index (χ3v) is 3.28. The minimum Gasteiger partial charge on any atom is -0.408 e. The first-order valence-electron chi connectivity index (χ1n) is 6.70. The average Bonchev–Trinajstić information content (AvgIpc) is 2.46. The Morgan fingerprint density at radius 3 is 2.82 bits per heavy atom. The van der Waals surface area contributed by atoms with Crippen LogP contribution < -0.4 is 10.5 Å². The number of nitrogens with zero attached hydrogens (tertiary/aromatic N) is 3. The molecule has 3 rings (SSSR count). The molecule has 3 aromatic rings. The van der Waals surface area contributed by atoms with Crippen molar-refractivity contribution in [2.75, 3.05) is 5.73 Å². The molecule has 0 amide bonds. The van der Waals surface area contributed by atoms with Gasteiger partial charge in [-0.05, 0) is 30.0 Å². The zero-order valence-electron chi connectivity index (χ0n) is 12.2. The van der Waals surface area contributed by atoms with Crippen molar-refractivity contribution in [1.29, 1.82) is 0 Å². The second-order valence-corrected chi connectivity index (χ2v) is 4.92. The van der Waals surface area contributed by atoms with Gasteiger partial charge in [-0.15, -0.1) is 0 Å². The lowest BCUT2D eigenvalue weighted by molar-refractivity contribution is -0.132. The summed E-state index contributed by atoms with van der Waals surface area (Å²) in [6.45, 7) is 3.31. The fraction of sp³-hybridized carbons (Fsp3) is 0.125. The number of carbonyl (C=O) groups is 1. The smallest absolute Gasteiger partial charge is 0.309 e. The predicted molar refractivity (Wildman–Crippen MR) is 83.2 cm³/mol. The van der Waals surface area contributed by atoms with Gasteiger partial charge in [0.2, 0.25) is 5.88 Å². The molecular formula is C16H14N4O2. The van der Waals surface area contributed by atoms with E-state index in [0.717, 1.165) is 22.2 Å². The van der Waals surface area contributed by atoms with E-state index in [-0.39, 0.29) is 5.88 Å². The topological polar surface area (TPSA) is 91.0 Å². The number of nitrogen functional groups attached to an aromatic ring is 1. The van der Waals surface area contributed by atoms with Crippen LogP contribution in [0.4, 0.5) is 5.82 Å². The zero-order chi connectivity index (χ0) is 15.7. The van der Waals surface area contributed by atoms with E-state index in [1.165, 1.54) is 6.92 Å². The number of aromatic nitrogens is 3. The normalized spacial score (nSPS) is 10.6. The Morgan fingerprint density at radius 2 is 2.09 bits per heavy atom. The fourth-order valence-corrected chi connectivity index (χ4v) is 2.23. The standard InChI is InChI=1S/C16H14N4O2/c1-9-3-4-18-7-12(9)14-5-11-6-15(22-10(2)21)19-8-13(11)16(17)20-14/h3-8H,1-2H3,(H2,17,20). The second kappa shape index (κ2) is 5.40. The third-order valence-electron chi connectivity index (χ3n) is 3.28. The Bertz CT molecular complexity index is 877. The number of anilines is 1. The molecule has 0 radical (unpaired) electrons. The molecule has 2 N–H and O–H groups in total. The van der Waals surface area contributed by atoms with Crippen LogP contribution in [0.1, 0.15) is 12.5 Å². The van der Waals surface area contributed by atoms with Gasteiger partial charge in [-0.1, -0.05) is 0 Å². The van der Waals surface area contributed by atoms with Gasteiger partial charge in [0.05, 0.1) is 5.69 Å². The lowest BCUT2D eigenvalue weighted by Gasteiger charge is -2.09. The summed E-state index contributed by atoms with van der Waals surface area (Å²) in [5, 5.41) is 1.51. The molecule has 3 heterocycles. The van der Waals surface area contributed by atoms with Crippen molar-refractivity contribution in [3.8, 4) is 17.1 Å². The number of pyridine rings is 3. The van der Waals surface area contributed by atoms with Crippen molar-refractivity contribution in [3.63, 3.8) is 0 Å². The molecule has 0 bridgehead atoms. The lowest BCUT2D eigenvalue weighted by Crippen LogP contribution is -2.03. The number of esters is 1. The molecule has 0 spiro atoms. The Morgan fingerprint density at radius 1 is 1.27 bits per heavy atom. The summed E-state index contributed by atoms with van der Waals surface area (Å²) in [6, 6.07) is 5.46. The van der Waals surface area contributed by atoms with E-state index >= 15 is 0 Å². The van der Waals surface area contributed by atoms with Gasteiger partial charge >= 0.3 is 5.97 Å². The molecule has 110 valence electrons. The summed E-state index contributed by atoms with van der Waals surface area (Å²) in [6.07, 6.45) is 5.03. The van der Waals surface area contributed by atoms with Crippen molar-refractivity contribution in [2.45, 2.75) is 13.8 Å². The van der Waals surface area contributed by atoms with Gasteiger partial charge in [0.1, 0.15) is 5.82 Å². The molecule has 0 fully saturated rings. The maximum absolute atomic E-state index is 11.0. The molecule has 0 aliphatic carbocycles. The molecule has 0 aliphatic heterocycles. The molecule has 6 heteroatoms. The summed E-state index contributed by atoms with van der Waals surface area (Å²) < 4.78 is 5.01. The Kier molecular flexibility index (Phi) is 3.42. The minimum absolute atomic E-state index is 0.236. The van der Waals surface area contributed by atoms with Crippen LogP contribution in [0.2, 0.25) is 0 Å². The molecular weight excluding hydrogens is 280 g/mol. The van der Waals surface area contributed by atoms with E-state index < -0.39 is 5.97 Å². The highest BCUT2D eigenvalue weighted by Crippen LogP contribution is 2.28. The van der Waals surface area contributed by atoms with Crippen LogP contribution in [-0.2, 0) is 4.79 Å². The number of rotatable bonds is 2. The van der Waals surface area contributed by atoms with E-state index in [4.69, 9.17) is 10.5 Å². The molecule has 6 nitrogen and oxygen atoms in total.